The van der Waals surface area contributed by atoms with Crippen LogP contribution in [0.2, 0.25) is 0 Å². The van der Waals surface area contributed by atoms with Gasteiger partial charge in [0.15, 0.2) is 0 Å². The molecule has 168 valence electrons. The highest BCUT2D eigenvalue weighted by Gasteiger charge is 2.15. The summed E-state index contributed by atoms with van der Waals surface area (Å²) in [5, 5.41) is 8.68. The Bertz CT molecular complexity index is 1190. The Morgan fingerprint density at radius 3 is 2.18 bits per heavy atom. The highest BCUT2D eigenvalue weighted by atomic mass is 16.5. The van der Waals surface area contributed by atoms with Crippen LogP contribution in [0.25, 0.3) is 17.1 Å². The van der Waals surface area contributed by atoms with Crippen LogP contribution in [0.5, 0.6) is 0 Å². The van der Waals surface area contributed by atoms with Crippen molar-refractivity contribution < 1.29 is 10.0 Å². The van der Waals surface area contributed by atoms with E-state index in [2.05, 4.69) is 64.9 Å². The van der Waals surface area contributed by atoms with Gasteiger partial charge in [0.05, 0.1) is 17.6 Å². The first-order chi connectivity index (χ1) is 16.2. The van der Waals surface area contributed by atoms with Crippen LogP contribution >= 0.6 is 0 Å². The summed E-state index contributed by atoms with van der Waals surface area (Å²) < 4.78 is 2.24. The van der Waals surface area contributed by atoms with Crippen LogP contribution in [0.4, 0.5) is 0 Å². The van der Waals surface area contributed by atoms with Crippen molar-refractivity contribution in [3.8, 4) is 0 Å². The minimum absolute atomic E-state index is 0.563. The van der Waals surface area contributed by atoms with Crippen molar-refractivity contribution in [1.82, 2.24) is 19.9 Å². The van der Waals surface area contributed by atoms with Crippen molar-refractivity contribution in [2.75, 3.05) is 0 Å². The Morgan fingerprint density at radius 1 is 0.970 bits per heavy atom. The van der Waals surface area contributed by atoms with E-state index >= 15 is 0 Å². The molecule has 0 saturated heterocycles. The van der Waals surface area contributed by atoms with Gasteiger partial charge in [0, 0.05) is 25.7 Å². The van der Waals surface area contributed by atoms with Gasteiger partial charge in [-0.05, 0) is 41.8 Å². The molecule has 0 fully saturated rings. The zero-order valence-corrected chi connectivity index (χ0v) is 18.7. The van der Waals surface area contributed by atoms with Gasteiger partial charge in [0.1, 0.15) is 5.82 Å². The van der Waals surface area contributed by atoms with E-state index in [1.165, 1.54) is 17.2 Å². The summed E-state index contributed by atoms with van der Waals surface area (Å²) in [6, 6.07) is 26.9. The summed E-state index contributed by atoms with van der Waals surface area (Å²) >= 11 is 0. The quantitative estimate of drug-likeness (QED) is 0.223. The highest BCUT2D eigenvalue weighted by molar-refractivity contribution is 5.91. The van der Waals surface area contributed by atoms with Crippen LogP contribution in [0.1, 0.15) is 29.4 Å². The molecular formula is C27H28N4O2. The number of fused-ring (bicyclic) bond motifs is 1. The molecule has 0 saturated carbocycles. The lowest BCUT2D eigenvalue weighted by molar-refractivity contribution is -0.124. The first-order valence-corrected chi connectivity index (χ1v) is 11.1. The molecule has 33 heavy (non-hydrogen) atoms. The molecule has 1 amide bonds. The number of amides is 1. The van der Waals surface area contributed by atoms with E-state index in [1.54, 1.807) is 11.6 Å². The van der Waals surface area contributed by atoms with Gasteiger partial charge in [0.2, 0.25) is 0 Å². The van der Waals surface area contributed by atoms with Crippen molar-refractivity contribution in [1.29, 1.82) is 0 Å². The summed E-state index contributed by atoms with van der Waals surface area (Å²) in [4.78, 5) is 18.7. The number of hydroxylamine groups is 1. The van der Waals surface area contributed by atoms with Gasteiger partial charge < -0.3 is 4.57 Å². The molecular weight excluding hydrogens is 412 g/mol. The number of aryl methyl sites for hydroxylation is 1. The molecule has 0 unspecified atom stereocenters. The molecule has 0 aliphatic rings. The number of carbonyl (C=O) groups excluding carboxylic acids is 1. The van der Waals surface area contributed by atoms with Gasteiger partial charge in [0.25, 0.3) is 5.91 Å². The van der Waals surface area contributed by atoms with Crippen LogP contribution in [-0.2, 0) is 31.0 Å². The van der Waals surface area contributed by atoms with Crippen LogP contribution < -0.4 is 5.48 Å². The lowest BCUT2D eigenvalue weighted by Gasteiger charge is -2.23. The lowest BCUT2D eigenvalue weighted by atomic mass is 10.1. The third kappa shape index (κ3) is 5.74. The Kier molecular flexibility index (Phi) is 7.29. The van der Waals surface area contributed by atoms with E-state index in [1.807, 2.05) is 30.3 Å². The Balaban J connectivity index is 1.63. The normalized spacial score (nSPS) is 11.5. The van der Waals surface area contributed by atoms with Crippen molar-refractivity contribution in [2.24, 2.45) is 0 Å². The van der Waals surface area contributed by atoms with E-state index in [0.717, 1.165) is 42.1 Å². The smallest absolute Gasteiger partial charge is 0.267 e. The maximum absolute atomic E-state index is 11.3. The molecule has 3 aromatic carbocycles. The first kappa shape index (κ1) is 22.5. The monoisotopic (exact) mass is 440 g/mol. The van der Waals surface area contributed by atoms with Crippen LogP contribution in [0.3, 0.4) is 0 Å². The van der Waals surface area contributed by atoms with Gasteiger partial charge in [-0.25, -0.2) is 10.5 Å². The summed E-state index contributed by atoms with van der Waals surface area (Å²) in [5.74, 6) is 0.445. The molecule has 0 atom stereocenters. The number of hydrogen-bond acceptors (Lipinski definition) is 4. The fraction of sp³-hybridized carbons (Fsp3) is 0.185. The first-order valence-electron chi connectivity index (χ1n) is 11.1. The van der Waals surface area contributed by atoms with E-state index in [0.29, 0.717) is 6.54 Å². The maximum atomic E-state index is 11.3. The zero-order valence-electron chi connectivity index (χ0n) is 18.7. The van der Waals surface area contributed by atoms with E-state index < -0.39 is 5.91 Å². The number of nitrogens with zero attached hydrogens (tertiary/aromatic N) is 3. The van der Waals surface area contributed by atoms with Gasteiger partial charge in [-0.3, -0.25) is 14.9 Å². The molecule has 0 aliphatic heterocycles. The third-order valence-electron chi connectivity index (χ3n) is 5.57. The second kappa shape index (κ2) is 10.7. The van der Waals surface area contributed by atoms with Gasteiger partial charge >= 0.3 is 0 Å². The third-order valence-corrected chi connectivity index (χ3v) is 5.57. The number of benzene rings is 3. The highest BCUT2D eigenvalue weighted by Crippen LogP contribution is 2.21. The minimum Gasteiger partial charge on any atom is -0.327 e. The van der Waals surface area contributed by atoms with E-state index in [4.69, 9.17) is 10.2 Å². The number of rotatable bonds is 9. The number of nitrogens with one attached hydrogen (secondary N) is 1. The maximum Gasteiger partial charge on any atom is 0.267 e. The summed E-state index contributed by atoms with van der Waals surface area (Å²) in [6.45, 7) is 5.31. The van der Waals surface area contributed by atoms with E-state index in [9.17, 15) is 4.79 Å². The Hall–Kier alpha value is -3.74. The summed E-state index contributed by atoms with van der Waals surface area (Å²) in [5.41, 5.74) is 6.94. The van der Waals surface area contributed by atoms with Gasteiger partial charge in [-0.15, -0.1) is 0 Å². The molecule has 0 spiro atoms. The molecule has 4 rings (SSSR count). The molecule has 0 aliphatic carbocycles. The van der Waals surface area contributed by atoms with Crippen molar-refractivity contribution in [2.45, 2.75) is 33.1 Å². The molecule has 0 bridgehead atoms. The fourth-order valence-corrected chi connectivity index (χ4v) is 4.03. The zero-order chi connectivity index (χ0) is 23.0. The molecule has 6 heteroatoms. The number of imidazole rings is 1. The largest absolute Gasteiger partial charge is 0.327 e. The average molecular weight is 441 g/mol. The number of aromatic nitrogens is 2. The SMILES string of the molecule is CCn1c(CN(Cc2ccccc2)Cc2ccccc2)nc2cc(C=CC(=O)NO)ccc21. The summed E-state index contributed by atoms with van der Waals surface area (Å²) in [7, 11) is 0. The average Bonchev–Trinajstić information content (AvgIpc) is 3.19. The lowest BCUT2D eigenvalue weighted by Crippen LogP contribution is -2.24. The van der Waals surface area contributed by atoms with Crippen molar-refractivity contribution in [3.05, 3.63) is 107 Å². The fourth-order valence-electron chi connectivity index (χ4n) is 4.03. The molecule has 0 radical (unpaired) electrons. The van der Waals surface area contributed by atoms with Crippen LogP contribution in [0, 0.1) is 0 Å². The molecule has 2 N–H and O–H groups in total. The Morgan fingerprint density at radius 2 is 1.61 bits per heavy atom. The predicted octanol–water partition coefficient (Wildman–Crippen LogP) is 4.78. The summed E-state index contributed by atoms with van der Waals surface area (Å²) in [6.07, 6.45) is 2.95. The number of hydrogen-bond donors (Lipinski definition) is 2. The molecule has 1 heterocycles. The second-order valence-corrected chi connectivity index (χ2v) is 7.95. The minimum atomic E-state index is -0.563. The molecule has 1 aromatic heterocycles. The van der Waals surface area contributed by atoms with E-state index in [-0.39, 0.29) is 0 Å². The van der Waals surface area contributed by atoms with Crippen molar-refractivity contribution in [3.63, 3.8) is 0 Å². The second-order valence-electron chi connectivity index (χ2n) is 7.95. The standard InChI is InChI=1S/C27H28N4O2/c1-2-31-25-15-13-21(14-16-27(32)29-33)17-24(25)28-26(31)20-30(18-22-9-5-3-6-10-22)19-23-11-7-4-8-12-23/h3-17,33H,2,18-20H2,1H3,(H,29,32). The van der Waals surface area contributed by atoms with Gasteiger partial charge in [-0.1, -0.05) is 66.7 Å². The number of carbonyl (C=O) groups is 1. The van der Waals surface area contributed by atoms with Gasteiger partial charge in [-0.2, -0.15) is 0 Å². The van der Waals surface area contributed by atoms with Crippen LogP contribution in [0.15, 0.2) is 84.9 Å². The molecule has 4 aromatic rings. The molecule has 6 nitrogen and oxygen atoms in total. The predicted molar refractivity (Wildman–Crippen MR) is 130 cm³/mol. The topological polar surface area (TPSA) is 70.4 Å². The Labute approximate surface area is 193 Å². The van der Waals surface area contributed by atoms with Crippen LogP contribution in [-0.4, -0.2) is 25.6 Å². The van der Waals surface area contributed by atoms with Crippen molar-refractivity contribution >= 4 is 23.0 Å².